The summed E-state index contributed by atoms with van der Waals surface area (Å²) in [6.07, 6.45) is -3.81. The van der Waals surface area contributed by atoms with E-state index < -0.39 is 11.7 Å². The third-order valence-corrected chi connectivity index (χ3v) is 3.24. The second-order valence-electron chi connectivity index (χ2n) is 5.23. The van der Waals surface area contributed by atoms with Crippen molar-refractivity contribution in [1.29, 1.82) is 0 Å². The monoisotopic (exact) mass is 332 g/mol. The van der Waals surface area contributed by atoms with Crippen molar-refractivity contribution in [3.05, 3.63) is 29.3 Å². The molecule has 1 amide bonds. The number of hydrogen-bond donors (Lipinski definition) is 2. The molecule has 0 aliphatic rings. The Morgan fingerprint density at radius 3 is 2.61 bits per heavy atom. The molecule has 0 heterocycles. The first-order chi connectivity index (χ1) is 10.7. The van der Waals surface area contributed by atoms with Crippen molar-refractivity contribution in [1.82, 2.24) is 5.32 Å². The highest BCUT2D eigenvalue weighted by Gasteiger charge is 2.31. The van der Waals surface area contributed by atoms with E-state index in [-0.39, 0.29) is 36.4 Å². The highest BCUT2D eigenvalue weighted by atomic mass is 19.4. The number of aliphatic hydroxyl groups excluding tert-OH is 1. The van der Waals surface area contributed by atoms with Gasteiger partial charge < -0.3 is 15.3 Å². The number of alkyl halides is 3. The van der Waals surface area contributed by atoms with Crippen molar-refractivity contribution < 1.29 is 27.9 Å². The third-order valence-electron chi connectivity index (χ3n) is 3.24. The summed E-state index contributed by atoms with van der Waals surface area (Å²) in [5, 5.41) is 11.4. The summed E-state index contributed by atoms with van der Waals surface area (Å²) in [5.41, 5.74) is -0.825. The van der Waals surface area contributed by atoms with Gasteiger partial charge in [0.2, 0.25) is 5.91 Å². The Hall–Kier alpha value is -2.09. The van der Waals surface area contributed by atoms with Gasteiger partial charge in [0.05, 0.1) is 12.1 Å². The summed E-state index contributed by atoms with van der Waals surface area (Å²) >= 11 is 0. The first-order valence-corrected chi connectivity index (χ1v) is 6.96. The van der Waals surface area contributed by atoms with E-state index in [2.05, 4.69) is 5.32 Å². The van der Waals surface area contributed by atoms with E-state index in [9.17, 15) is 22.8 Å². The van der Waals surface area contributed by atoms with Crippen LogP contribution in [0, 0.1) is 0 Å². The number of anilines is 1. The average molecular weight is 332 g/mol. The summed E-state index contributed by atoms with van der Waals surface area (Å²) in [5.74, 6) is -0.356. The first kappa shape index (κ1) is 19.0. The summed E-state index contributed by atoms with van der Waals surface area (Å²) in [6.45, 7) is 1.54. The lowest BCUT2D eigenvalue weighted by atomic mass is 10.1. The Bertz CT molecular complexity index is 561. The second kappa shape index (κ2) is 7.96. The van der Waals surface area contributed by atoms with Crippen LogP contribution in [0.4, 0.5) is 18.9 Å². The second-order valence-corrected chi connectivity index (χ2v) is 5.23. The number of nitrogens with zero attached hydrogens (tertiary/aromatic N) is 1. The van der Waals surface area contributed by atoms with Crippen LogP contribution in [-0.2, 0) is 11.0 Å². The van der Waals surface area contributed by atoms with Crippen LogP contribution in [0.2, 0.25) is 0 Å². The van der Waals surface area contributed by atoms with Gasteiger partial charge >= 0.3 is 6.18 Å². The molecule has 128 valence electrons. The lowest BCUT2D eigenvalue weighted by molar-refractivity contribution is -0.137. The van der Waals surface area contributed by atoms with E-state index in [1.165, 1.54) is 11.9 Å². The molecule has 1 unspecified atom stereocenters. The van der Waals surface area contributed by atoms with Gasteiger partial charge in [-0.05, 0) is 31.5 Å². The van der Waals surface area contributed by atoms with Crippen LogP contribution in [0.1, 0.15) is 29.3 Å². The van der Waals surface area contributed by atoms with Crippen molar-refractivity contribution in [3.63, 3.8) is 0 Å². The normalized spacial score (nSPS) is 12.6. The number of hydrogen-bond acceptors (Lipinski definition) is 4. The van der Waals surface area contributed by atoms with Crippen LogP contribution in [0.5, 0.6) is 0 Å². The molecule has 2 N–H and O–H groups in total. The lowest BCUT2D eigenvalue weighted by Gasteiger charge is -2.22. The van der Waals surface area contributed by atoms with Crippen molar-refractivity contribution >= 4 is 17.9 Å². The van der Waals surface area contributed by atoms with E-state index >= 15 is 0 Å². The molecule has 0 aromatic heterocycles. The van der Waals surface area contributed by atoms with Crippen molar-refractivity contribution in [2.45, 2.75) is 25.6 Å². The standard InChI is InChI=1S/C15H19F3N2O3/c1-10(5-6-21)19-14(23)8-20(2)13-4-3-12(15(16,17)18)7-11(13)9-22/h3-4,7,9-10,21H,5-6,8H2,1-2H3,(H,19,23). The number of likely N-dealkylation sites (N-methyl/N-ethyl adjacent to an activating group) is 1. The molecule has 0 aliphatic heterocycles. The number of halogens is 3. The van der Waals surface area contributed by atoms with Crippen LogP contribution >= 0.6 is 0 Å². The molecule has 1 aromatic rings. The van der Waals surface area contributed by atoms with Gasteiger partial charge in [-0.1, -0.05) is 0 Å². The van der Waals surface area contributed by atoms with Crippen LogP contribution in [-0.4, -0.2) is 43.5 Å². The number of amides is 1. The van der Waals surface area contributed by atoms with E-state index in [0.717, 1.165) is 18.2 Å². The predicted octanol–water partition coefficient (Wildman–Crippen LogP) is 1.84. The third kappa shape index (κ3) is 5.55. The number of benzene rings is 1. The molecule has 8 heteroatoms. The largest absolute Gasteiger partial charge is 0.416 e. The SMILES string of the molecule is CC(CCO)NC(=O)CN(C)c1ccc(C(F)(F)F)cc1C=O. The molecular formula is C15H19F3N2O3. The van der Waals surface area contributed by atoms with Gasteiger partial charge in [-0.2, -0.15) is 13.2 Å². The van der Waals surface area contributed by atoms with Crippen molar-refractivity contribution in [3.8, 4) is 0 Å². The Labute approximate surface area is 132 Å². The van der Waals surface area contributed by atoms with Gasteiger partial charge in [0.1, 0.15) is 0 Å². The maximum absolute atomic E-state index is 12.6. The molecule has 23 heavy (non-hydrogen) atoms. The van der Waals surface area contributed by atoms with Gasteiger partial charge in [0.15, 0.2) is 6.29 Å². The number of nitrogens with one attached hydrogen (secondary N) is 1. The molecule has 5 nitrogen and oxygen atoms in total. The number of aliphatic hydroxyl groups is 1. The quantitative estimate of drug-likeness (QED) is 0.748. The predicted molar refractivity (Wildman–Crippen MR) is 79.4 cm³/mol. The van der Waals surface area contributed by atoms with Crippen LogP contribution < -0.4 is 10.2 Å². The van der Waals surface area contributed by atoms with E-state index in [4.69, 9.17) is 5.11 Å². The molecule has 1 rings (SSSR count). The average Bonchev–Trinajstić information content (AvgIpc) is 2.45. The van der Waals surface area contributed by atoms with Crippen LogP contribution in [0.15, 0.2) is 18.2 Å². The summed E-state index contributed by atoms with van der Waals surface area (Å²) < 4.78 is 37.9. The minimum atomic E-state index is -4.54. The van der Waals surface area contributed by atoms with Crippen LogP contribution in [0.25, 0.3) is 0 Å². The Morgan fingerprint density at radius 2 is 2.09 bits per heavy atom. The van der Waals surface area contributed by atoms with Crippen molar-refractivity contribution in [2.24, 2.45) is 0 Å². The topological polar surface area (TPSA) is 69.6 Å². The Balaban J connectivity index is 2.85. The molecular weight excluding hydrogens is 313 g/mol. The maximum Gasteiger partial charge on any atom is 0.416 e. The van der Waals surface area contributed by atoms with Crippen molar-refractivity contribution in [2.75, 3.05) is 25.1 Å². The Morgan fingerprint density at radius 1 is 1.43 bits per heavy atom. The molecule has 0 spiro atoms. The molecule has 0 radical (unpaired) electrons. The number of carbonyl (C=O) groups is 2. The van der Waals surface area contributed by atoms with Gasteiger partial charge in [-0.25, -0.2) is 0 Å². The first-order valence-electron chi connectivity index (χ1n) is 6.96. The van der Waals surface area contributed by atoms with E-state index in [1.54, 1.807) is 6.92 Å². The zero-order valence-corrected chi connectivity index (χ0v) is 12.9. The fourth-order valence-electron chi connectivity index (χ4n) is 2.06. The smallest absolute Gasteiger partial charge is 0.396 e. The molecule has 0 aliphatic carbocycles. The molecule has 0 saturated heterocycles. The molecule has 0 bridgehead atoms. The van der Waals surface area contributed by atoms with E-state index in [0.29, 0.717) is 12.7 Å². The van der Waals surface area contributed by atoms with Crippen LogP contribution in [0.3, 0.4) is 0 Å². The van der Waals surface area contributed by atoms with Gasteiger partial charge in [0, 0.05) is 30.9 Å². The minimum Gasteiger partial charge on any atom is -0.396 e. The molecule has 1 aromatic carbocycles. The Kier molecular flexibility index (Phi) is 6.56. The van der Waals surface area contributed by atoms with Gasteiger partial charge in [-0.3, -0.25) is 9.59 Å². The molecule has 0 fully saturated rings. The fraction of sp³-hybridized carbons (Fsp3) is 0.467. The number of carbonyl (C=O) groups excluding carboxylic acids is 2. The maximum atomic E-state index is 12.6. The molecule has 0 saturated carbocycles. The lowest BCUT2D eigenvalue weighted by Crippen LogP contribution is -2.40. The highest BCUT2D eigenvalue weighted by Crippen LogP contribution is 2.32. The van der Waals surface area contributed by atoms with Gasteiger partial charge in [-0.15, -0.1) is 0 Å². The highest BCUT2D eigenvalue weighted by molar-refractivity contribution is 5.88. The fourth-order valence-corrected chi connectivity index (χ4v) is 2.06. The summed E-state index contributed by atoms with van der Waals surface area (Å²) in [4.78, 5) is 24.3. The zero-order valence-electron chi connectivity index (χ0n) is 12.9. The van der Waals surface area contributed by atoms with Gasteiger partial charge in [0.25, 0.3) is 0 Å². The summed E-state index contributed by atoms with van der Waals surface area (Å²) in [6, 6.07) is 2.56. The van der Waals surface area contributed by atoms with E-state index in [1.807, 2.05) is 0 Å². The number of aldehydes is 1. The minimum absolute atomic E-state index is 0.0640. The molecule has 1 atom stereocenters. The number of rotatable bonds is 7. The zero-order chi connectivity index (χ0) is 17.6. The summed E-state index contributed by atoms with van der Waals surface area (Å²) in [7, 11) is 1.51.